The highest BCUT2D eigenvalue weighted by atomic mass is 19.4. The molecule has 8 heteroatoms. The number of alkyl halides is 3. The Morgan fingerprint density at radius 3 is 2.71 bits per heavy atom. The van der Waals surface area contributed by atoms with Crippen LogP contribution in [0.2, 0.25) is 0 Å². The van der Waals surface area contributed by atoms with Crippen LogP contribution in [-0.2, 0) is 10.9 Å². The first-order valence-electron chi connectivity index (χ1n) is 9.40. The average Bonchev–Trinajstić information content (AvgIpc) is 2.69. The molecule has 2 rings (SSSR count). The minimum absolute atomic E-state index is 0.286. The van der Waals surface area contributed by atoms with Crippen molar-refractivity contribution >= 4 is 5.96 Å². The Morgan fingerprint density at radius 1 is 1.29 bits per heavy atom. The molecule has 0 amide bonds. The summed E-state index contributed by atoms with van der Waals surface area (Å²) in [6, 6.07) is 5.31. The fourth-order valence-corrected chi connectivity index (χ4v) is 2.75. The van der Waals surface area contributed by atoms with E-state index in [9.17, 15) is 13.2 Å². The topological polar surface area (TPSA) is 48.9 Å². The lowest BCUT2D eigenvalue weighted by atomic mass is 10.1. The van der Waals surface area contributed by atoms with Gasteiger partial charge in [-0.1, -0.05) is 17.9 Å². The van der Waals surface area contributed by atoms with E-state index in [1.54, 1.807) is 6.07 Å². The number of benzene rings is 1. The van der Waals surface area contributed by atoms with Gasteiger partial charge in [-0.15, -0.1) is 0 Å². The van der Waals surface area contributed by atoms with Gasteiger partial charge in [-0.25, -0.2) is 0 Å². The summed E-state index contributed by atoms with van der Waals surface area (Å²) in [6.07, 6.45) is -4.36. The molecule has 1 heterocycles. The molecule has 0 bridgehead atoms. The largest absolute Gasteiger partial charge is 0.416 e. The third kappa shape index (κ3) is 7.41. The molecule has 1 aliphatic heterocycles. The molecule has 0 spiro atoms. The molecule has 1 aromatic rings. The molecular formula is C20H27F3N4O. The van der Waals surface area contributed by atoms with E-state index in [4.69, 9.17) is 4.74 Å². The Labute approximate surface area is 164 Å². The van der Waals surface area contributed by atoms with Crippen LogP contribution in [0.25, 0.3) is 0 Å². The van der Waals surface area contributed by atoms with Crippen molar-refractivity contribution in [1.82, 2.24) is 15.5 Å². The standard InChI is InChI=1S/C20H27F3N4O/c1-3-24-19(26-15-16(2)27-10-12-28-13-11-27)25-9-5-7-17-6-4-8-18(14-17)20(21,22)23/h4,6,8,14,16H,3,9-13,15H2,1-2H3,(H2,24,25,26). The molecule has 1 saturated heterocycles. The molecular weight excluding hydrogens is 369 g/mol. The van der Waals surface area contributed by atoms with Gasteiger partial charge < -0.3 is 15.4 Å². The van der Waals surface area contributed by atoms with Crippen molar-refractivity contribution in [2.45, 2.75) is 26.1 Å². The number of morpholine rings is 1. The van der Waals surface area contributed by atoms with Crippen molar-refractivity contribution in [2.75, 3.05) is 45.9 Å². The van der Waals surface area contributed by atoms with Crippen LogP contribution in [0.1, 0.15) is 25.0 Å². The van der Waals surface area contributed by atoms with Gasteiger partial charge in [0, 0.05) is 31.2 Å². The third-order valence-electron chi connectivity index (χ3n) is 4.29. The van der Waals surface area contributed by atoms with E-state index in [-0.39, 0.29) is 6.54 Å². The van der Waals surface area contributed by atoms with E-state index in [0.29, 0.717) is 30.7 Å². The highest BCUT2D eigenvalue weighted by molar-refractivity contribution is 5.80. The van der Waals surface area contributed by atoms with Crippen molar-refractivity contribution in [3.63, 3.8) is 0 Å². The van der Waals surface area contributed by atoms with Crippen LogP contribution >= 0.6 is 0 Å². The van der Waals surface area contributed by atoms with Crippen LogP contribution in [0.5, 0.6) is 0 Å². The second-order valence-electron chi connectivity index (χ2n) is 6.45. The molecule has 0 aromatic heterocycles. The second kappa shape index (κ2) is 10.9. The average molecular weight is 396 g/mol. The molecule has 1 fully saturated rings. The molecule has 1 aromatic carbocycles. The van der Waals surface area contributed by atoms with Gasteiger partial charge in [0.1, 0.15) is 0 Å². The molecule has 154 valence electrons. The zero-order chi connectivity index (χ0) is 20.4. The summed E-state index contributed by atoms with van der Waals surface area (Å²) in [5, 5.41) is 6.24. The first kappa shape index (κ1) is 22.1. The summed E-state index contributed by atoms with van der Waals surface area (Å²) in [4.78, 5) is 6.91. The van der Waals surface area contributed by atoms with E-state index in [1.165, 1.54) is 6.07 Å². The van der Waals surface area contributed by atoms with E-state index in [2.05, 4.69) is 39.3 Å². The van der Waals surface area contributed by atoms with Crippen LogP contribution in [-0.4, -0.2) is 62.8 Å². The third-order valence-corrected chi connectivity index (χ3v) is 4.29. The van der Waals surface area contributed by atoms with Gasteiger partial charge in [0.2, 0.25) is 0 Å². The molecule has 0 aliphatic carbocycles. The number of hydrogen-bond donors (Lipinski definition) is 2. The SMILES string of the molecule is CCNC(=NCC(C)N1CCOCC1)NCC#Cc1cccc(C(F)(F)F)c1. The predicted octanol–water partition coefficient (Wildman–Crippen LogP) is 2.33. The summed E-state index contributed by atoms with van der Waals surface area (Å²) >= 11 is 0. The van der Waals surface area contributed by atoms with Gasteiger partial charge >= 0.3 is 6.18 Å². The quantitative estimate of drug-likeness (QED) is 0.456. The Hall–Kier alpha value is -2.24. The minimum Gasteiger partial charge on any atom is -0.379 e. The molecule has 0 saturated carbocycles. The number of nitrogens with one attached hydrogen (secondary N) is 2. The molecule has 28 heavy (non-hydrogen) atoms. The second-order valence-corrected chi connectivity index (χ2v) is 6.45. The molecule has 0 radical (unpaired) electrons. The maximum atomic E-state index is 12.7. The smallest absolute Gasteiger partial charge is 0.379 e. The van der Waals surface area contributed by atoms with E-state index in [0.717, 1.165) is 38.4 Å². The summed E-state index contributed by atoms with van der Waals surface area (Å²) in [7, 11) is 0. The van der Waals surface area contributed by atoms with Crippen LogP contribution in [0.3, 0.4) is 0 Å². The molecule has 5 nitrogen and oxygen atoms in total. The number of nitrogens with zero attached hydrogens (tertiary/aromatic N) is 2. The maximum absolute atomic E-state index is 12.7. The van der Waals surface area contributed by atoms with Gasteiger partial charge in [-0.05, 0) is 32.0 Å². The molecule has 1 unspecified atom stereocenters. The predicted molar refractivity (Wildman–Crippen MR) is 104 cm³/mol. The monoisotopic (exact) mass is 396 g/mol. The number of halogens is 3. The lowest BCUT2D eigenvalue weighted by molar-refractivity contribution is -0.137. The summed E-state index contributed by atoms with van der Waals surface area (Å²) in [5.74, 6) is 6.24. The number of ether oxygens (including phenoxy) is 1. The van der Waals surface area contributed by atoms with E-state index < -0.39 is 11.7 Å². The van der Waals surface area contributed by atoms with Gasteiger partial charge in [0.05, 0.1) is 31.9 Å². The van der Waals surface area contributed by atoms with Crippen molar-refractivity contribution in [3.05, 3.63) is 35.4 Å². The van der Waals surface area contributed by atoms with Crippen LogP contribution in [0.15, 0.2) is 29.3 Å². The highest BCUT2D eigenvalue weighted by Crippen LogP contribution is 2.29. The number of hydrogen-bond acceptors (Lipinski definition) is 3. The Kier molecular flexibility index (Phi) is 8.61. The van der Waals surface area contributed by atoms with Crippen molar-refractivity contribution < 1.29 is 17.9 Å². The maximum Gasteiger partial charge on any atom is 0.416 e. The minimum atomic E-state index is -4.36. The van der Waals surface area contributed by atoms with Gasteiger partial charge in [0.25, 0.3) is 0 Å². The molecule has 1 atom stereocenters. The van der Waals surface area contributed by atoms with Crippen LogP contribution in [0.4, 0.5) is 13.2 Å². The fourth-order valence-electron chi connectivity index (χ4n) is 2.75. The normalized spacial score (nSPS) is 16.8. The summed E-state index contributed by atoms with van der Waals surface area (Å²) in [6.45, 7) is 9.03. The summed E-state index contributed by atoms with van der Waals surface area (Å²) in [5.41, 5.74) is -0.362. The van der Waals surface area contributed by atoms with Gasteiger partial charge in [-0.2, -0.15) is 13.2 Å². The molecule has 1 aliphatic rings. The number of rotatable bonds is 5. The zero-order valence-electron chi connectivity index (χ0n) is 16.3. The lowest BCUT2D eigenvalue weighted by Crippen LogP contribution is -2.44. The number of guanidine groups is 1. The summed E-state index contributed by atoms with van der Waals surface area (Å²) < 4.78 is 43.6. The highest BCUT2D eigenvalue weighted by Gasteiger charge is 2.30. The van der Waals surface area contributed by atoms with Crippen molar-refractivity contribution in [3.8, 4) is 11.8 Å². The molecule has 2 N–H and O–H groups in total. The van der Waals surface area contributed by atoms with Crippen molar-refractivity contribution in [2.24, 2.45) is 4.99 Å². The van der Waals surface area contributed by atoms with E-state index >= 15 is 0 Å². The van der Waals surface area contributed by atoms with Gasteiger partial charge in [0.15, 0.2) is 5.96 Å². The van der Waals surface area contributed by atoms with Crippen molar-refractivity contribution in [1.29, 1.82) is 0 Å². The fraction of sp³-hybridized carbons (Fsp3) is 0.550. The van der Waals surface area contributed by atoms with Gasteiger partial charge in [-0.3, -0.25) is 9.89 Å². The van der Waals surface area contributed by atoms with E-state index in [1.807, 2.05) is 6.92 Å². The number of aliphatic imine (C=N–C) groups is 1. The first-order valence-corrected chi connectivity index (χ1v) is 9.40. The van der Waals surface area contributed by atoms with Crippen LogP contribution < -0.4 is 10.6 Å². The lowest BCUT2D eigenvalue weighted by Gasteiger charge is -2.31. The zero-order valence-corrected chi connectivity index (χ0v) is 16.3. The Bertz CT molecular complexity index is 703. The Balaban J connectivity index is 1.89. The first-order chi connectivity index (χ1) is 13.4. The van der Waals surface area contributed by atoms with Crippen LogP contribution in [0, 0.1) is 11.8 Å². The Morgan fingerprint density at radius 2 is 2.04 bits per heavy atom.